The summed E-state index contributed by atoms with van der Waals surface area (Å²) in [4.78, 5) is 135. The zero-order valence-corrected chi connectivity index (χ0v) is 55.6. The van der Waals surface area contributed by atoms with E-state index in [1.165, 1.54) is 14.7 Å². The molecule has 9 rings (SSSR count). The summed E-state index contributed by atoms with van der Waals surface area (Å²) in [7, 11) is 0. The van der Waals surface area contributed by atoms with Crippen LogP contribution in [0.4, 0.5) is 14.4 Å². The Balaban J connectivity index is 0.666. The van der Waals surface area contributed by atoms with E-state index < -0.39 is 90.3 Å². The van der Waals surface area contributed by atoms with Crippen LogP contribution in [-0.2, 0) is 57.0 Å². The van der Waals surface area contributed by atoms with Crippen molar-refractivity contribution >= 4 is 80.9 Å². The van der Waals surface area contributed by atoms with Crippen LogP contribution in [0.15, 0.2) is 121 Å². The third kappa shape index (κ3) is 19.2. The van der Waals surface area contributed by atoms with E-state index in [4.69, 9.17) is 42.6 Å². The quantitative estimate of drug-likeness (QED) is 0.0328. The second-order valence-corrected chi connectivity index (χ2v) is 26.4. The minimum atomic E-state index is -1.04. The van der Waals surface area contributed by atoms with Gasteiger partial charge in [-0.3, -0.25) is 33.9 Å². The van der Waals surface area contributed by atoms with Crippen LogP contribution in [-0.4, -0.2) is 189 Å². The first-order valence-corrected chi connectivity index (χ1v) is 32.3. The Morgan fingerprint density at radius 1 is 0.396 bits per heavy atom. The molecule has 3 saturated heterocycles. The van der Waals surface area contributed by atoms with Gasteiger partial charge in [0, 0.05) is 54.7 Å². The fourth-order valence-electron chi connectivity index (χ4n) is 11.0. The molecular weight excluding hydrogens is 1230 g/mol. The molecule has 0 aromatic heterocycles. The number of morpholine rings is 3. The molecular formula is C74H83N3O19. The van der Waals surface area contributed by atoms with Gasteiger partial charge in [-0.25, -0.2) is 28.8 Å². The highest BCUT2D eigenvalue weighted by Crippen LogP contribution is 2.30. The molecule has 6 aromatic rings. The molecule has 508 valence electrons. The fraction of sp³-hybridized carbons (Fsp3) is 0.432. The number of benzene rings is 6. The lowest BCUT2D eigenvalue weighted by Crippen LogP contribution is -2.54. The second-order valence-electron chi connectivity index (χ2n) is 26.4. The maximum atomic E-state index is 13.4. The van der Waals surface area contributed by atoms with Crippen molar-refractivity contribution in [3.05, 3.63) is 144 Å². The van der Waals surface area contributed by atoms with Crippen LogP contribution in [0.25, 0.3) is 43.8 Å². The smallest absolute Gasteiger partial charge is 0.411 e. The highest BCUT2D eigenvalue weighted by atomic mass is 16.6. The average molecular weight is 1320 g/mol. The first kappa shape index (κ1) is 70.9. The highest BCUT2D eigenvalue weighted by Gasteiger charge is 2.40. The number of hydrogen-bond donors (Lipinski definition) is 0. The van der Waals surface area contributed by atoms with Crippen LogP contribution in [0.5, 0.6) is 0 Å². The molecule has 0 saturated carbocycles. The molecule has 96 heavy (non-hydrogen) atoms. The third-order valence-corrected chi connectivity index (χ3v) is 16.5. The lowest BCUT2D eigenvalue weighted by molar-refractivity contribution is -0.156. The van der Waals surface area contributed by atoms with Crippen molar-refractivity contribution in [2.24, 2.45) is 11.8 Å². The maximum Gasteiger partial charge on any atom is 0.411 e. The van der Waals surface area contributed by atoms with Gasteiger partial charge >= 0.3 is 36.2 Å². The topological polar surface area (TPSA) is 263 Å². The summed E-state index contributed by atoms with van der Waals surface area (Å²) >= 11 is 0. The Kier molecular flexibility index (Phi) is 23.6. The summed E-state index contributed by atoms with van der Waals surface area (Å²) < 4.78 is 49.3. The van der Waals surface area contributed by atoms with Gasteiger partial charge in [0.25, 0.3) is 0 Å². The number of hydrogen-bond acceptors (Lipinski definition) is 19. The average Bonchev–Trinajstić information content (AvgIpc) is 0.839. The van der Waals surface area contributed by atoms with Crippen molar-refractivity contribution in [3.63, 3.8) is 0 Å². The molecule has 3 aliphatic heterocycles. The van der Waals surface area contributed by atoms with E-state index in [2.05, 4.69) is 0 Å². The first-order valence-electron chi connectivity index (χ1n) is 32.3. The molecule has 5 atom stereocenters. The first-order chi connectivity index (χ1) is 45.8. The Labute approximate surface area is 557 Å². The van der Waals surface area contributed by atoms with Crippen molar-refractivity contribution in [2.45, 2.75) is 110 Å². The standard InChI is InChI=1S/C74H83N3O19/c1-46(9-27-63(78)50-15-11-48(12-16-50)52-19-21-56-37-58(25-23-54(56)35-52)65(80)44-92-68(83)61-42-89-33-30-76(61)71(86)95-73(3,4)5)39-91-67(82)60-41-88-32-29-75(60)70(85)94-40-47(2)10-28-64(79)51-17-13-49(14-18-51)53-20-22-57-38-59(26-24-55(57)36-53)66(81)45-93-69(84)62-43-90-34-31-77(62)72(87)96-74(6,7)8/h11-26,35-38,46-47,60-62H,9-10,27-34,39-45H2,1-8H3/t46-,47-,60?,61-,62-/m0/s1. The van der Waals surface area contributed by atoms with Crippen LogP contribution in [0.1, 0.15) is 123 Å². The Morgan fingerprint density at radius 2 is 0.719 bits per heavy atom. The molecule has 3 amide bonds. The number of ketones is 4. The molecule has 0 aliphatic carbocycles. The van der Waals surface area contributed by atoms with E-state index in [0.29, 0.717) is 35.1 Å². The molecule has 3 heterocycles. The van der Waals surface area contributed by atoms with E-state index in [1.54, 1.807) is 90.1 Å². The molecule has 0 N–H and O–H groups in total. The molecule has 0 radical (unpaired) electrons. The third-order valence-electron chi connectivity index (χ3n) is 16.5. The number of Topliss-reactive ketones (excluding diaryl/α,β-unsaturated/α-hetero) is 4. The number of rotatable bonds is 23. The van der Waals surface area contributed by atoms with E-state index in [1.807, 2.05) is 86.6 Å². The molecule has 3 aliphatic rings. The highest BCUT2D eigenvalue weighted by molar-refractivity contribution is 6.04. The van der Waals surface area contributed by atoms with Gasteiger partial charge in [-0.1, -0.05) is 111 Å². The monoisotopic (exact) mass is 1320 g/mol. The zero-order valence-electron chi connectivity index (χ0n) is 55.6. The predicted molar refractivity (Wildman–Crippen MR) is 354 cm³/mol. The number of esters is 3. The Hall–Kier alpha value is -9.38. The van der Waals surface area contributed by atoms with E-state index >= 15 is 0 Å². The van der Waals surface area contributed by atoms with E-state index in [9.17, 15) is 47.9 Å². The van der Waals surface area contributed by atoms with Crippen molar-refractivity contribution < 1.29 is 90.6 Å². The number of nitrogens with zero attached hydrogens (tertiary/aromatic N) is 3. The number of carbonyl (C=O) groups is 10. The summed E-state index contributed by atoms with van der Waals surface area (Å²) in [6, 6.07) is 33.4. The number of fused-ring (bicyclic) bond motifs is 2. The minimum Gasteiger partial charge on any atom is -0.464 e. The maximum absolute atomic E-state index is 13.4. The van der Waals surface area contributed by atoms with Crippen LogP contribution < -0.4 is 0 Å². The van der Waals surface area contributed by atoms with Gasteiger partial charge in [-0.15, -0.1) is 0 Å². The SMILES string of the molecule is C[C@@H](CCC(=O)c1ccc(-c2ccc3cc(C(=O)COC(=O)[C@@H]4COCCN4C(=O)OC(C)(C)C)ccc3c2)cc1)COC(=O)C1COCCN1C(=O)OC[C@@H](C)CCC(=O)c1ccc(-c2ccc3cc(C(=O)COC(=O)[C@@H]4COCCN4C(=O)OC(C)(C)C)ccc3c2)cc1. The Bertz CT molecular complexity index is 3600. The van der Waals surface area contributed by atoms with Gasteiger partial charge in [0.1, 0.15) is 11.2 Å². The summed E-state index contributed by atoms with van der Waals surface area (Å²) in [5.41, 5.74) is 3.78. The van der Waals surface area contributed by atoms with Gasteiger partial charge in [0.05, 0.1) is 52.9 Å². The summed E-state index contributed by atoms with van der Waals surface area (Å²) in [5, 5.41) is 3.32. The van der Waals surface area contributed by atoms with Crippen molar-refractivity contribution in [3.8, 4) is 22.3 Å². The largest absolute Gasteiger partial charge is 0.464 e. The summed E-state index contributed by atoms with van der Waals surface area (Å²) in [5.74, 6) is -3.49. The van der Waals surface area contributed by atoms with E-state index in [0.717, 1.165) is 43.8 Å². The fourth-order valence-corrected chi connectivity index (χ4v) is 11.0. The van der Waals surface area contributed by atoms with Gasteiger partial charge in [0.2, 0.25) is 0 Å². The van der Waals surface area contributed by atoms with Crippen LogP contribution in [0.3, 0.4) is 0 Å². The van der Waals surface area contributed by atoms with Gasteiger partial charge in [0.15, 0.2) is 54.5 Å². The second kappa shape index (κ2) is 31.9. The number of ether oxygens (including phenoxy) is 9. The van der Waals surface area contributed by atoms with Gasteiger partial charge in [-0.05, 0) is 134 Å². The van der Waals surface area contributed by atoms with Crippen molar-refractivity contribution in [1.82, 2.24) is 14.7 Å². The van der Waals surface area contributed by atoms with Gasteiger partial charge in [-0.2, -0.15) is 0 Å². The van der Waals surface area contributed by atoms with Crippen LogP contribution in [0, 0.1) is 11.8 Å². The molecule has 3 fully saturated rings. The van der Waals surface area contributed by atoms with Gasteiger partial charge < -0.3 is 42.6 Å². The molecule has 22 nitrogen and oxygen atoms in total. The molecule has 1 unspecified atom stereocenters. The zero-order chi connectivity index (χ0) is 68.8. The van der Waals surface area contributed by atoms with Crippen molar-refractivity contribution in [1.29, 1.82) is 0 Å². The molecule has 0 spiro atoms. The summed E-state index contributed by atoms with van der Waals surface area (Å²) in [6.45, 7) is 14.0. The number of amides is 3. The lowest BCUT2D eigenvalue weighted by atomic mass is 9.96. The lowest BCUT2D eigenvalue weighted by Gasteiger charge is -2.35. The normalized spacial score (nSPS) is 17.4. The molecule has 0 bridgehead atoms. The Morgan fingerprint density at radius 3 is 1.10 bits per heavy atom. The summed E-state index contributed by atoms with van der Waals surface area (Å²) in [6.07, 6.45) is -0.709. The minimum absolute atomic E-state index is 0.0218. The van der Waals surface area contributed by atoms with Crippen molar-refractivity contribution in [2.75, 3.05) is 85.7 Å². The predicted octanol–water partition coefficient (Wildman–Crippen LogP) is 11.3. The molecule has 6 aromatic carbocycles. The van der Waals surface area contributed by atoms with E-state index in [-0.39, 0.29) is 109 Å². The van der Waals surface area contributed by atoms with Crippen LogP contribution >= 0.6 is 0 Å². The number of carbonyl (C=O) groups excluding carboxylic acids is 10. The van der Waals surface area contributed by atoms with Crippen LogP contribution in [0.2, 0.25) is 0 Å². The molecule has 22 heteroatoms.